The summed E-state index contributed by atoms with van der Waals surface area (Å²) in [5, 5.41) is 0. The van der Waals surface area contributed by atoms with Crippen LogP contribution in [0.25, 0.3) is 0 Å². The van der Waals surface area contributed by atoms with Gasteiger partial charge in [0.2, 0.25) is 0 Å². The number of hydrogen-bond acceptors (Lipinski definition) is 2. The van der Waals surface area contributed by atoms with E-state index >= 15 is 0 Å². The van der Waals surface area contributed by atoms with Crippen molar-refractivity contribution in [3.05, 3.63) is 0 Å². The van der Waals surface area contributed by atoms with Crippen molar-refractivity contribution in [2.24, 2.45) is 0 Å². The van der Waals surface area contributed by atoms with E-state index in [4.69, 9.17) is 4.74 Å². The van der Waals surface area contributed by atoms with Crippen LogP contribution in [0.5, 0.6) is 0 Å². The van der Waals surface area contributed by atoms with Crippen molar-refractivity contribution in [2.75, 3.05) is 20.2 Å². The maximum atomic E-state index is 10.1. The van der Waals surface area contributed by atoms with E-state index in [1.54, 1.807) is 12.0 Å². The number of amides is 1. The van der Waals surface area contributed by atoms with E-state index in [1.807, 2.05) is 6.41 Å². The highest BCUT2D eigenvalue weighted by Gasteiger charge is 2.16. The second-order valence-corrected chi connectivity index (χ2v) is 2.51. The van der Waals surface area contributed by atoms with Crippen molar-refractivity contribution in [2.45, 2.75) is 18.9 Å². The van der Waals surface area contributed by atoms with Gasteiger partial charge < -0.3 is 9.64 Å². The smallest absolute Gasteiger partial charge is 0.312 e. The third-order valence-corrected chi connectivity index (χ3v) is 1.90. The number of piperidine rings is 1. The molecule has 10 heavy (non-hydrogen) atoms. The quantitative estimate of drug-likeness (QED) is 0.550. The molecule has 1 amide bonds. The molecular formula is C7H12NO2. The molecule has 0 bridgehead atoms. The molecular weight excluding hydrogens is 130 g/mol. The van der Waals surface area contributed by atoms with Crippen LogP contribution in [-0.4, -0.2) is 37.6 Å². The van der Waals surface area contributed by atoms with Gasteiger partial charge in [0.05, 0.1) is 6.10 Å². The lowest BCUT2D eigenvalue weighted by atomic mass is 10.1. The summed E-state index contributed by atoms with van der Waals surface area (Å²) in [6, 6.07) is 0. The molecule has 3 nitrogen and oxygen atoms in total. The van der Waals surface area contributed by atoms with Gasteiger partial charge in [-0.2, -0.15) is 0 Å². The fourth-order valence-corrected chi connectivity index (χ4v) is 1.18. The van der Waals surface area contributed by atoms with Crippen LogP contribution in [-0.2, 0) is 9.53 Å². The van der Waals surface area contributed by atoms with E-state index in [2.05, 4.69) is 0 Å². The van der Waals surface area contributed by atoms with E-state index in [1.165, 1.54) is 0 Å². The molecule has 0 aromatic rings. The Hall–Kier alpha value is -0.570. The Labute approximate surface area is 61.0 Å². The summed E-state index contributed by atoms with van der Waals surface area (Å²) in [7, 11) is 1.71. The van der Waals surface area contributed by atoms with Crippen LogP contribution in [0.15, 0.2) is 0 Å². The predicted octanol–water partition coefficient (Wildman–Crippen LogP) is 0.164. The van der Waals surface area contributed by atoms with Gasteiger partial charge in [-0.1, -0.05) is 0 Å². The number of nitrogens with zero attached hydrogens (tertiary/aromatic N) is 1. The number of likely N-dealkylation sites (tertiary alicyclic amines) is 1. The van der Waals surface area contributed by atoms with Crippen LogP contribution in [0.1, 0.15) is 12.8 Å². The average molecular weight is 142 g/mol. The number of carbonyl (C=O) groups excluding carboxylic acids is 1. The zero-order valence-corrected chi connectivity index (χ0v) is 6.17. The molecule has 0 aromatic heterocycles. The lowest BCUT2D eigenvalue weighted by Crippen LogP contribution is -2.35. The highest BCUT2D eigenvalue weighted by Crippen LogP contribution is 2.10. The lowest BCUT2D eigenvalue weighted by molar-refractivity contribution is 0.0573. The minimum atomic E-state index is 0.351. The number of ether oxygens (including phenoxy) is 1. The Balaban J connectivity index is 2.23. The van der Waals surface area contributed by atoms with E-state index in [0.29, 0.717) is 6.10 Å². The molecule has 1 aliphatic heterocycles. The first-order chi connectivity index (χ1) is 4.86. The summed E-state index contributed by atoms with van der Waals surface area (Å²) in [6.45, 7) is 1.59. The molecule has 1 aliphatic rings. The van der Waals surface area contributed by atoms with Gasteiger partial charge in [-0.05, 0) is 12.8 Å². The van der Waals surface area contributed by atoms with Crippen LogP contribution in [0, 0.1) is 0 Å². The van der Waals surface area contributed by atoms with E-state index in [9.17, 15) is 4.79 Å². The van der Waals surface area contributed by atoms with Gasteiger partial charge >= 0.3 is 6.41 Å². The molecule has 1 saturated heterocycles. The zero-order chi connectivity index (χ0) is 7.40. The first-order valence-corrected chi connectivity index (χ1v) is 3.52. The maximum Gasteiger partial charge on any atom is 0.312 e. The monoisotopic (exact) mass is 142 g/mol. The van der Waals surface area contributed by atoms with E-state index in [-0.39, 0.29) is 0 Å². The van der Waals surface area contributed by atoms with Crippen molar-refractivity contribution in [3.63, 3.8) is 0 Å². The summed E-state index contributed by atoms with van der Waals surface area (Å²) < 4.78 is 5.13. The average Bonchev–Trinajstić information content (AvgIpc) is 2.05. The van der Waals surface area contributed by atoms with Gasteiger partial charge in [-0.3, -0.25) is 4.79 Å². The topological polar surface area (TPSA) is 29.5 Å². The summed E-state index contributed by atoms with van der Waals surface area (Å²) >= 11 is 0. The molecule has 57 valence electrons. The molecule has 1 fully saturated rings. The molecule has 1 rings (SSSR count). The van der Waals surface area contributed by atoms with Crippen molar-refractivity contribution < 1.29 is 9.53 Å². The van der Waals surface area contributed by atoms with Crippen molar-refractivity contribution in [3.8, 4) is 0 Å². The largest absolute Gasteiger partial charge is 0.381 e. The predicted molar refractivity (Wildman–Crippen MR) is 37.3 cm³/mol. The van der Waals surface area contributed by atoms with Crippen molar-refractivity contribution in [1.29, 1.82) is 0 Å². The van der Waals surface area contributed by atoms with Gasteiger partial charge in [0, 0.05) is 20.2 Å². The summed E-state index contributed by atoms with van der Waals surface area (Å²) in [5.41, 5.74) is 0. The summed E-state index contributed by atoms with van der Waals surface area (Å²) in [4.78, 5) is 11.8. The zero-order valence-electron chi connectivity index (χ0n) is 6.17. The first kappa shape index (κ1) is 7.54. The molecule has 0 aliphatic carbocycles. The Morgan fingerprint density at radius 1 is 1.50 bits per heavy atom. The van der Waals surface area contributed by atoms with Crippen LogP contribution < -0.4 is 0 Å². The first-order valence-electron chi connectivity index (χ1n) is 3.52. The molecule has 0 atom stereocenters. The van der Waals surface area contributed by atoms with Crippen LogP contribution in [0.4, 0.5) is 0 Å². The fraction of sp³-hybridized carbons (Fsp3) is 0.857. The molecule has 0 unspecified atom stereocenters. The minimum absolute atomic E-state index is 0.351. The number of hydrogen-bond donors (Lipinski definition) is 0. The molecule has 0 saturated carbocycles. The van der Waals surface area contributed by atoms with Gasteiger partial charge in [0.25, 0.3) is 0 Å². The van der Waals surface area contributed by atoms with Crippen LogP contribution in [0.2, 0.25) is 0 Å². The lowest BCUT2D eigenvalue weighted by Gasteiger charge is -2.27. The third-order valence-electron chi connectivity index (χ3n) is 1.90. The molecule has 0 N–H and O–H groups in total. The number of methoxy groups -OCH3 is 1. The van der Waals surface area contributed by atoms with Crippen molar-refractivity contribution in [1.82, 2.24) is 4.90 Å². The van der Waals surface area contributed by atoms with E-state index in [0.717, 1.165) is 25.9 Å². The highest BCUT2D eigenvalue weighted by molar-refractivity contribution is 5.48. The van der Waals surface area contributed by atoms with Crippen molar-refractivity contribution >= 4 is 6.41 Å². The van der Waals surface area contributed by atoms with Gasteiger partial charge in [-0.25, -0.2) is 0 Å². The normalized spacial score (nSPS) is 21.1. The molecule has 0 aromatic carbocycles. The molecule has 3 heteroatoms. The Kier molecular flexibility index (Phi) is 2.68. The summed E-state index contributed by atoms with van der Waals surface area (Å²) in [5.74, 6) is 0. The summed E-state index contributed by atoms with van der Waals surface area (Å²) in [6.07, 6.45) is 4.13. The highest BCUT2D eigenvalue weighted by atomic mass is 16.5. The SMILES string of the molecule is COC1CCN([C]=O)CC1. The van der Waals surface area contributed by atoms with Gasteiger partial charge in [-0.15, -0.1) is 0 Å². The Bertz CT molecular complexity index is 108. The Morgan fingerprint density at radius 2 is 2.10 bits per heavy atom. The van der Waals surface area contributed by atoms with Gasteiger partial charge in [0.1, 0.15) is 0 Å². The Morgan fingerprint density at radius 3 is 2.50 bits per heavy atom. The molecule has 0 spiro atoms. The molecule has 1 radical (unpaired) electrons. The second kappa shape index (κ2) is 3.56. The second-order valence-electron chi connectivity index (χ2n) is 2.51. The van der Waals surface area contributed by atoms with Crippen LogP contribution in [0.3, 0.4) is 0 Å². The van der Waals surface area contributed by atoms with Gasteiger partial charge in [0.15, 0.2) is 0 Å². The standard InChI is InChI=1S/C7H12NO2/c1-10-7-2-4-8(6-9)5-3-7/h7H,2-5H2,1H3. The van der Waals surface area contributed by atoms with Crippen LogP contribution >= 0.6 is 0 Å². The fourth-order valence-electron chi connectivity index (χ4n) is 1.18. The third kappa shape index (κ3) is 1.70. The molecule has 1 heterocycles. The maximum absolute atomic E-state index is 10.1. The minimum Gasteiger partial charge on any atom is -0.381 e. The number of rotatable bonds is 2. The van der Waals surface area contributed by atoms with E-state index < -0.39 is 0 Å².